The summed E-state index contributed by atoms with van der Waals surface area (Å²) < 4.78 is 1.13. The third kappa shape index (κ3) is 3.92. The predicted molar refractivity (Wildman–Crippen MR) is 85.5 cm³/mol. The maximum absolute atomic E-state index is 3.54. The van der Waals surface area contributed by atoms with Gasteiger partial charge in [0.15, 0.2) is 0 Å². The molecule has 1 N–H and O–H groups in total. The molecule has 1 nitrogen and oxygen atoms in total. The van der Waals surface area contributed by atoms with Crippen LogP contribution in [0.1, 0.15) is 29.7 Å². The van der Waals surface area contributed by atoms with Gasteiger partial charge in [-0.3, -0.25) is 0 Å². The number of benzene rings is 2. The summed E-state index contributed by atoms with van der Waals surface area (Å²) in [7, 11) is 2.02. The molecule has 0 fully saturated rings. The molecule has 0 heterocycles. The van der Waals surface area contributed by atoms with Crippen molar-refractivity contribution in [3.05, 3.63) is 69.7 Å². The predicted octanol–water partition coefficient (Wildman–Crippen LogP) is 4.51. The molecular weight excluding hydrogens is 298 g/mol. The van der Waals surface area contributed by atoms with E-state index >= 15 is 0 Å². The van der Waals surface area contributed by atoms with Gasteiger partial charge < -0.3 is 5.32 Å². The van der Waals surface area contributed by atoms with Gasteiger partial charge >= 0.3 is 0 Å². The molecule has 0 spiro atoms. The van der Waals surface area contributed by atoms with Crippen LogP contribution in [-0.4, -0.2) is 7.05 Å². The first-order chi connectivity index (χ1) is 9.22. The lowest BCUT2D eigenvalue weighted by atomic mass is 9.98. The highest BCUT2D eigenvalue weighted by atomic mass is 79.9. The van der Waals surface area contributed by atoms with Crippen LogP contribution in [0.3, 0.4) is 0 Å². The van der Waals surface area contributed by atoms with Crippen LogP contribution in [0.5, 0.6) is 0 Å². The molecule has 19 heavy (non-hydrogen) atoms. The zero-order valence-electron chi connectivity index (χ0n) is 11.5. The van der Waals surface area contributed by atoms with Crippen molar-refractivity contribution in [1.82, 2.24) is 5.32 Å². The Morgan fingerprint density at radius 2 is 1.74 bits per heavy atom. The van der Waals surface area contributed by atoms with Gasteiger partial charge in [-0.15, -0.1) is 0 Å². The second-order valence-corrected chi connectivity index (χ2v) is 5.69. The molecule has 0 aliphatic heterocycles. The van der Waals surface area contributed by atoms with Crippen molar-refractivity contribution in [2.24, 2.45) is 0 Å². The van der Waals surface area contributed by atoms with Crippen LogP contribution >= 0.6 is 15.9 Å². The van der Waals surface area contributed by atoms with Crippen molar-refractivity contribution >= 4 is 15.9 Å². The summed E-state index contributed by atoms with van der Waals surface area (Å²) in [5.41, 5.74) is 4.08. The van der Waals surface area contributed by atoms with E-state index in [4.69, 9.17) is 0 Å². The summed E-state index contributed by atoms with van der Waals surface area (Å²) in [6.45, 7) is 2.19. The van der Waals surface area contributed by atoms with E-state index in [0.717, 1.165) is 17.3 Å². The molecule has 2 rings (SSSR count). The highest BCUT2D eigenvalue weighted by Gasteiger charge is 2.10. The summed E-state index contributed by atoms with van der Waals surface area (Å²) in [6, 6.07) is 17.8. The molecule has 2 heteroatoms. The van der Waals surface area contributed by atoms with Gasteiger partial charge in [0.05, 0.1) is 0 Å². The minimum atomic E-state index is 0.352. The molecule has 1 unspecified atom stereocenters. The van der Waals surface area contributed by atoms with Crippen LogP contribution in [0, 0.1) is 0 Å². The number of likely N-dealkylation sites (N-methyl/N-ethyl adjacent to an activating group) is 1. The van der Waals surface area contributed by atoms with Gasteiger partial charge in [-0.25, -0.2) is 0 Å². The smallest absolute Gasteiger partial charge is 0.0358 e. The fraction of sp³-hybridized carbons (Fsp3) is 0.294. The molecule has 0 saturated carbocycles. The lowest BCUT2D eigenvalue weighted by molar-refractivity contribution is 0.592. The van der Waals surface area contributed by atoms with E-state index < -0.39 is 0 Å². The van der Waals surface area contributed by atoms with Crippen molar-refractivity contribution in [1.29, 1.82) is 0 Å². The summed E-state index contributed by atoms with van der Waals surface area (Å²) in [6.07, 6.45) is 2.11. The average Bonchev–Trinajstić information content (AvgIpc) is 2.45. The third-order valence-electron chi connectivity index (χ3n) is 3.47. The number of nitrogens with one attached hydrogen (secondary N) is 1. The molecule has 1 atom stereocenters. The zero-order valence-corrected chi connectivity index (χ0v) is 13.1. The SMILES string of the molecule is CCc1ccc(CC(NC)c2cccc(Br)c2)cc1. The first-order valence-corrected chi connectivity index (χ1v) is 7.52. The van der Waals surface area contributed by atoms with Crippen molar-refractivity contribution in [3.8, 4) is 0 Å². The van der Waals surface area contributed by atoms with E-state index in [-0.39, 0.29) is 0 Å². The molecule has 2 aromatic rings. The normalized spacial score (nSPS) is 12.4. The van der Waals surface area contributed by atoms with E-state index in [1.54, 1.807) is 0 Å². The Labute approximate surface area is 124 Å². The van der Waals surface area contributed by atoms with E-state index in [2.05, 4.69) is 76.7 Å². The first-order valence-electron chi connectivity index (χ1n) is 6.73. The Morgan fingerprint density at radius 3 is 2.32 bits per heavy atom. The van der Waals surface area contributed by atoms with Crippen LogP contribution < -0.4 is 5.32 Å². The second-order valence-electron chi connectivity index (χ2n) is 4.77. The van der Waals surface area contributed by atoms with Crippen LogP contribution in [-0.2, 0) is 12.8 Å². The molecule has 100 valence electrons. The van der Waals surface area contributed by atoms with E-state index in [1.165, 1.54) is 16.7 Å². The Hall–Kier alpha value is -1.12. The Kier molecular flexibility index (Phi) is 5.17. The van der Waals surface area contributed by atoms with Crippen LogP contribution in [0.4, 0.5) is 0 Å². The fourth-order valence-electron chi connectivity index (χ4n) is 2.26. The molecule has 2 aromatic carbocycles. The first kappa shape index (κ1) is 14.3. The topological polar surface area (TPSA) is 12.0 Å². The largest absolute Gasteiger partial charge is 0.313 e. The number of rotatable bonds is 5. The summed E-state index contributed by atoms with van der Waals surface area (Å²) >= 11 is 3.54. The van der Waals surface area contributed by atoms with E-state index in [9.17, 15) is 0 Å². The second kappa shape index (κ2) is 6.88. The summed E-state index contributed by atoms with van der Waals surface area (Å²) in [5, 5.41) is 3.40. The highest BCUT2D eigenvalue weighted by Crippen LogP contribution is 2.21. The quantitative estimate of drug-likeness (QED) is 0.855. The minimum absolute atomic E-state index is 0.352. The maximum Gasteiger partial charge on any atom is 0.0358 e. The fourth-order valence-corrected chi connectivity index (χ4v) is 2.67. The monoisotopic (exact) mass is 317 g/mol. The standard InChI is InChI=1S/C17H20BrN/c1-3-13-7-9-14(10-8-13)11-17(19-2)15-5-4-6-16(18)12-15/h4-10,12,17,19H,3,11H2,1-2H3. The van der Waals surface area contributed by atoms with E-state index in [1.807, 2.05) is 7.05 Å². The zero-order chi connectivity index (χ0) is 13.7. The molecule has 0 saturated heterocycles. The Morgan fingerprint density at radius 1 is 1.05 bits per heavy atom. The summed E-state index contributed by atoms with van der Waals surface area (Å²) in [4.78, 5) is 0. The molecule has 0 radical (unpaired) electrons. The Balaban J connectivity index is 2.14. The van der Waals surface area contributed by atoms with Gasteiger partial charge in [0.25, 0.3) is 0 Å². The van der Waals surface area contributed by atoms with Gasteiger partial charge in [-0.05, 0) is 48.7 Å². The minimum Gasteiger partial charge on any atom is -0.313 e. The number of halogens is 1. The van der Waals surface area contributed by atoms with Crippen molar-refractivity contribution in [3.63, 3.8) is 0 Å². The van der Waals surface area contributed by atoms with Crippen LogP contribution in [0.25, 0.3) is 0 Å². The lowest BCUT2D eigenvalue weighted by Gasteiger charge is -2.17. The molecular formula is C17H20BrN. The van der Waals surface area contributed by atoms with Crippen LogP contribution in [0.2, 0.25) is 0 Å². The third-order valence-corrected chi connectivity index (χ3v) is 3.96. The molecule has 0 aliphatic carbocycles. The highest BCUT2D eigenvalue weighted by molar-refractivity contribution is 9.10. The molecule has 0 aromatic heterocycles. The van der Waals surface area contributed by atoms with Gasteiger partial charge in [0.1, 0.15) is 0 Å². The van der Waals surface area contributed by atoms with Gasteiger partial charge in [-0.1, -0.05) is 59.3 Å². The molecule has 0 bridgehead atoms. The van der Waals surface area contributed by atoms with E-state index in [0.29, 0.717) is 6.04 Å². The average molecular weight is 318 g/mol. The lowest BCUT2D eigenvalue weighted by Crippen LogP contribution is -2.18. The number of hydrogen-bond donors (Lipinski definition) is 1. The summed E-state index contributed by atoms with van der Waals surface area (Å²) in [5.74, 6) is 0. The van der Waals surface area contributed by atoms with Crippen molar-refractivity contribution in [2.75, 3.05) is 7.05 Å². The van der Waals surface area contributed by atoms with Crippen molar-refractivity contribution in [2.45, 2.75) is 25.8 Å². The number of aryl methyl sites for hydroxylation is 1. The molecule has 0 aliphatic rings. The van der Waals surface area contributed by atoms with Crippen molar-refractivity contribution < 1.29 is 0 Å². The van der Waals surface area contributed by atoms with Gasteiger partial charge in [0.2, 0.25) is 0 Å². The maximum atomic E-state index is 3.54. The Bertz CT molecular complexity index is 519. The van der Waals surface area contributed by atoms with Crippen LogP contribution in [0.15, 0.2) is 53.0 Å². The van der Waals surface area contributed by atoms with Gasteiger partial charge in [0, 0.05) is 10.5 Å². The molecule has 0 amide bonds. The van der Waals surface area contributed by atoms with Gasteiger partial charge in [-0.2, -0.15) is 0 Å². The number of hydrogen-bond acceptors (Lipinski definition) is 1.